The molecule has 5 rings (SSSR count). The van der Waals surface area contributed by atoms with Gasteiger partial charge in [0, 0.05) is 42.2 Å². The van der Waals surface area contributed by atoms with Gasteiger partial charge in [-0.05, 0) is 37.8 Å². The van der Waals surface area contributed by atoms with Crippen LogP contribution in [0.4, 0.5) is 10.5 Å². The van der Waals surface area contributed by atoms with E-state index in [-0.39, 0.29) is 30.1 Å². The molecule has 3 amide bonds. The number of carbonyl (C=O) groups excluding carboxylic acids is 2. The summed E-state index contributed by atoms with van der Waals surface area (Å²) in [5.74, 6) is 1.38. The zero-order valence-corrected chi connectivity index (χ0v) is 16.0. The van der Waals surface area contributed by atoms with Crippen LogP contribution in [-0.4, -0.2) is 42.8 Å². The van der Waals surface area contributed by atoms with Crippen LogP contribution in [0.3, 0.4) is 0 Å². The Bertz CT molecular complexity index is 792. The van der Waals surface area contributed by atoms with E-state index in [9.17, 15) is 9.59 Å². The molecule has 28 heavy (non-hydrogen) atoms. The fraction of sp³-hybridized carbons (Fsp3) is 0.619. The Morgan fingerprint density at radius 3 is 2.79 bits per heavy atom. The molecule has 0 aromatic heterocycles. The van der Waals surface area contributed by atoms with Crippen molar-refractivity contribution in [3.63, 3.8) is 0 Å². The third-order valence-electron chi connectivity index (χ3n) is 6.75. The lowest BCUT2D eigenvalue weighted by Crippen LogP contribution is -2.44. The lowest BCUT2D eigenvalue weighted by Gasteiger charge is -2.26. The number of likely N-dealkylation sites (tertiary alicyclic amines) is 1. The second-order valence-corrected chi connectivity index (χ2v) is 8.63. The van der Waals surface area contributed by atoms with Gasteiger partial charge in [-0.15, -0.1) is 0 Å². The van der Waals surface area contributed by atoms with Crippen molar-refractivity contribution in [1.82, 2.24) is 10.2 Å². The largest absolute Gasteiger partial charge is 0.454 e. The van der Waals surface area contributed by atoms with Gasteiger partial charge < -0.3 is 25.0 Å². The first-order chi connectivity index (χ1) is 13.6. The van der Waals surface area contributed by atoms with Gasteiger partial charge in [0.1, 0.15) is 0 Å². The fourth-order valence-electron chi connectivity index (χ4n) is 4.96. The van der Waals surface area contributed by atoms with Gasteiger partial charge in [0.25, 0.3) is 0 Å². The molecule has 2 aliphatic carbocycles. The molecular formula is C21H27N3O4. The van der Waals surface area contributed by atoms with Crippen molar-refractivity contribution >= 4 is 17.6 Å². The number of hydrogen-bond donors (Lipinski definition) is 2. The predicted molar refractivity (Wildman–Crippen MR) is 103 cm³/mol. The monoisotopic (exact) mass is 385 g/mol. The Labute approximate surface area is 164 Å². The molecular weight excluding hydrogens is 358 g/mol. The predicted octanol–water partition coefficient (Wildman–Crippen LogP) is 3.11. The quantitative estimate of drug-likeness (QED) is 0.838. The molecule has 2 atom stereocenters. The molecule has 2 saturated carbocycles. The zero-order valence-electron chi connectivity index (χ0n) is 16.0. The van der Waals surface area contributed by atoms with E-state index in [1.807, 2.05) is 17.0 Å². The highest BCUT2D eigenvalue weighted by Crippen LogP contribution is 2.58. The van der Waals surface area contributed by atoms with E-state index in [4.69, 9.17) is 9.47 Å². The first-order valence-electron chi connectivity index (χ1n) is 10.4. The number of nitrogens with one attached hydrogen (secondary N) is 2. The molecule has 3 fully saturated rings. The maximum Gasteiger partial charge on any atom is 0.317 e. The molecule has 2 aliphatic heterocycles. The molecule has 150 valence electrons. The van der Waals surface area contributed by atoms with Crippen LogP contribution in [0.5, 0.6) is 11.5 Å². The number of amides is 3. The minimum Gasteiger partial charge on any atom is -0.454 e. The van der Waals surface area contributed by atoms with Gasteiger partial charge in [-0.1, -0.05) is 19.3 Å². The molecule has 0 unspecified atom stereocenters. The van der Waals surface area contributed by atoms with Crippen molar-refractivity contribution in [2.75, 3.05) is 25.2 Å². The Morgan fingerprint density at radius 1 is 1.11 bits per heavy atom. The summed E-state index contributed by atoms with van der Waals surface area (Å²) in [6, 6.07) is 5.81. The number of rotatable bonds is 3. The smallest absolute Gasteiger partial charge is 0.317 e. The number of benzene rings is 1. The van der Waals surface area contributed by atoms with Crippen molar-refractivity contribution in [3.05, 3.63) is 18.2 Å². The zero-order chi connectivity index (χ0) is 19.1. The number of ether oxygens (including phenoxy) is 2. The standard InChI is InChI=1S/C21H27N3O4/c25-19(22-15-6-7-17-18(10-15)28-13-27-17)16-11-21(16)8-9-24(12-21)20(26)23-14-4-2-1-3-5-14/h6-7,10,14,16H,1-5,8-9,11-13H2,(H,22,25)(H,23,26)/t16-,21-/m1/s1. The van der Waals surface area contributed by atoms with Gasteiger partial charge in [-0.25, -0.2) is 4.79 Å². The van der Waals surface area contributed by atoms with Crippen LogP contribution in [0.2, 0.25) is 0 Å². The summed E-state index contributed by atoms with van der Waals surface area (Å²) in [6.07, 6.45) is 7.63. The van der Waals surface area contributed by atoms with Crippen LogP contribution >= 0.6 is 0 Å². The molecule has 7 heteroatoms. The van der Waals surface area contributed by atoms with Gasteiger partial charge in [0.05, 0.1) is 0 Å². The van der Waals surface area contributed by atoms with Crippen LogP contribution in [0.1, 0.15) is 44.9 Å². The summed E-state index contributed by atoms with van der Waals surface area (Å²) in [6.45, 7) is 1.65. The highest BCUT2D eigenvalue weighted by atomic mass is 16.7. The second-order valence-electron chi connectivity index (χ2n) is 8.63. The summed E-state index contributed by atoms with van der Waals surface area (Å²) < 4.78 is 10.7. The molecule has 7 nitrogen and oxygen atoms in total. The molecule has 2 N–H and O–H groups in total. The van der Waals surface area contributed by atoms with Crippen molar-refractivity contribution in [3.8, 4) is 11.5 Å². The molecule has 1 saturated heterocycles. The Morgan fingerprint density at radius 2 is 1.93 bits per heavy atom. The normalized spacial score (nSPS) is 28.4. The second kappa shape index (κ2) is 6.87. The van der Waals surface area contributed by atoms with Crippen molar-refractivity contribution in [1.29, 1.82) is 0 Å². The lowest BCUT2D eigenvalue weighted by molar-refractivity contribution is -0.118. The van der Waals surface area contributed by atoms with E-state index in [0.717, 1.165) is 37.9 Å². The van der Waals surface area contributed by atoms with Crippen molar-refractivity contribution in [2.45, 2.75) is 51.0 Å². The van der Waals surface area contributed by atoms with Gasteiger partial charge in [-0.3, -0.25) is 4.79 Å². The maximum atomic E-state index is 12.7. The molecule has 1 spiro atoms. The maximum absolute atomic E-state index is 12.7. The molecule has 1 aromatic carbocycles. The average Bonchev–Trinajstić information content (AvgIpc) is 3.02. The summed E-state index contributed by atoms with van der Waals surface area (Å²) in [7, 11) is 0. The Balaban J connectivity index is 1.15. The van der Waals surface area contributed by atoms with Crippen LogP contribution < -0.4 is 20.1 Å². The fourth-order valence-corrected chi connectivity index (χ4v) is 4.96. The molecule has 0 radical (unpaired) electrons. The number of carbonyl (C=O) groups is 2. The van der Waals surface area contributed by atoms with Crippen molar-refractivity contribution in [2.24, 2.45) is 11.3 Å². The van der Waals surface area contributed by atoms with E-state index >= 15 is 0 Å². The van der Waals surface area contributed by atoms with Crippen LogP contribution in [0.25, 0.3) is 0 Å². The van der Waals surface area contributed by atoms with E-state index in [0.29, 0.717) is 24.1 Å². The number of urea groups is 1. The van der Waals surface area contributed by atoms with Crippen molar-refractivity contribution < 1.29 is 19.1 Å². The van der Waals surface area contributed by atoms with Gasteiger partial charge in [-0.2, -0.15) is 0 Å². The molecule has 1 aromatic rings. The first kappa shape index (κ1) is 17.6. The SMILES string of the molecule is O=C(Nc1ccc2c(c1)OCO2)[C@H]1C[C@@]12CCN(C(=O)NC1CCCCC1)C2. The lowest BCUT2D eigenvalue weighted by atomic mass is 9.96. The van der Waals surface area contributed by atoms with Gasteiger partial charge in [0.2, 0.25) is 12.7 Å². The van der Waals surface area contributed by atoms with E-state index < -0.39 is 0 Å². The Hall–Kier alpha value is -2.44. The molecule has 4 aliphatic rings. The van der Waals surface area contributed by atoms with Crippen LogP contribution in [0.15, 0.2) is 18.2 Å². The first-order valence-corrected chi connectivity index (χ1v) is 10.4. The summed E-state index contributed by atoms with van der Waals surface area (Å²) in [5.41, 5.74) is 0.686. The van der Waals surface area contributed by atoms with Crippen LogP contribution in [-0.2, 0) is 4.79 Å². The minimum absolute atomic E-state index is 0.0228. The van der Waals surface area contributed by atoms with E-state index in [1.54, 1.807) is 6.07 Å². The number of anilines is 1. The van der Waals surface area contributed by atoms with E-state index in [2.05, 4.69) is 10.6 Å². The summed E-state index contributed by atoms with van der Waals surface area (Å²) in [4.78, 5) is 27.2. The van der Waals surface area contributed by atoms with E-state index in [1.165, 1.54) is 19.3 Å². The summed E-state index contributed by atoms with van der Waals surface area (Å²) >= 11 is 0. The van der Waals surface area contributed by atoms with Gasteiger partial charge in [0.15, 0.2) is 11.5 Å². The number of hydrogen-bond acceptors (Lipinski definition) is 4. The average molecular weight is 385 g/mol. The molecule has 2 heterocycles. The highest BCUT2D eigenvalue weighted by molar-refractivity contribution is 5.95. The topological polar surface area (TPSA) is 79.9 Å². The van der Waals surface area contributed by atoms with Gasteiger partial charge >= 0.3 is 6.03 Å². The third-order valence-corrected chi connectivity index (χ3v) is 6.75. The Kier molecular flexibility index (Phi) is 4.33. The number of fused-ring (bicyclic) bond motifs is 1. The third kappa shape index (κ3) is 3.27. The number of nitrogens with zero attached hydrogens (tertiary/aromatic N) is 1. The van der Waals surface area contributed by atoms with Crippen LogP contribution in [0, 0.1) is 11.3 Å². The summed E-state index contributed by atoms with van der Waals surface area (Å²) in [5, 5.41) is 6.20. The highest BCUT2D eigenvalue weighted by Gasteiger charge is 2.61. The molecule has 0 bridgehead atoms. The minimum atomic E-state index is -0.0374.